The van der Waals surface area contributed by atoms with E-state index < -0.39 is 0 Å². The summed E-state index contributed by atoms with van der Waals surface area (Å²) in [5, 5.41) is 0. The van der Waals surface area contributed by atoms with Gasteiger partial charge >= 0.3 is 0 Å². The Morgan fingerprint density at radius 2 is 0.435 bits per heavy atom. The average molecular weight is 588 g/mol. The standard InChI is InChI=1S/C45H33N/c1-34-4-10-37(11-5-34)16-19-40-22-28-43(29-23-40)46(44-30-24-41(25-31-44)20-17-38-12-6-35(2)7-13-38)45-32-26-42(27-33-45)21-18-39-14-8-36(3)9-15-39/h4-15,22-33H,1-3H3. The molecule has 6 rings (SSSR count). The van der Waals surface area contributed by atoms with Gasteiger partial charge in [-0.15, -0.1) is 0 Å². The first-order valence-electron chi connectivity index (χ1n) is 15.3. The Hall–Kier alpha value is -6.20. The summed E-state index contributed by atoms with van der Waals surface area (Å²) in [6.07, 6.45) is 0. The van der Waals surface area contributed by atoms with Crippen LogP contribution in [0.5, 0.6) is 0 Å². The molecule has 0 aliphatic rings. The normalized spacial score (nSPS) is 9.98. The van der Waals surface area contributed by atoms with Gasteiger partial charge in [0.2, 0.25) is 0 Å². The van der Waals surface area contributed by atoms with Crippen LogP contribution in [0.15, 0.2) is 146 Å². The molecule has 0 fully saturated rings. The van der Waals surface area contributed by atoms with Crippen LogP contribution >= 0.6 is 0 Å². The molecule has 0 amide bonds. The van der Waals surface area contributed by atoms with Gasteiger partial charge in [-0.3, -0.25) is 0 Å². The lowest BCUT2D eigenvalue weighted by Crippen LogP contribution is -2.09. The lowest BCUT2D eigenvalue weighted by Gasteiger charge is -2.25. The summed E-state index contributed by atoms with van der Waals surface area (Å²) in [5.74, 6) is 19.7. The van der Waals surface area contributed by atoms with Gasteiger partial charge < -0.3 is 4.90 Å². The molecule has 0 N–H and O–H groups in total. The zero-order valence-electron chi connectivity index (χ0n) is 26.3. The number of benzene rings is 6. The summed E-state index contributed by atoms with van der Waals surface area (Å²) < 4.78 is 0. The van der Waals surface area contributed by atoms with Gasteiger partial charge in [0.15, 0.2) is 0 Å². The zero-order valence-corrected chi connectivity index (χ0v) is 26.3. The predicted octanol–water partition coefficient (Wildman–Crippen LogP) is 10.3. The van der Waals surface area contributed by atoms with Crippen LogP contribution in [-0.4, -0.2) is 0 Å². The molecule has 6 aromatic carbocycles. The van der Waals surface area contributed by atoms with Gasteiger partial charge in [0.1, 0.15) is 0 Å². The van der Waals surface area contributed by atoms with Gasteiger partial charge in [-0.1, -0.05) is 88.6 Å². The monoisotopic (exact) mass is 587 g/mol. The van der Waals surface area contributed by atoms with Crippen molar-refractivity contribution in [3.8, 4) is 35.5 Å². The molecule has 0 atom stereocenters. The first-order valence-corrected chi connectivity index (χ1v) is 15.3. The first kappa shape index (κ1) is 29.9. The Morgan fingerprint density at radius 1 is 0.261 bits per heavy atom. The van der Waals surface area contributed by atoms with Crippen molar-refractivity contribution in [2.45, 2.75) is 20.8 Å². The van der Waals surface area contributed by atoms with Gasteiger partial charge in [0.05, 0.1) is 0 Å². The highest BCUT2D eigenvalue weighted by Crippen LogP contribution is 2.34. The van der Waals surface area contributed by atoms with E-state index in [1.165, 1.54) is 16.7 Å². The molecule has 46 heavy (non-hydrogen) atoms. The molecule has 1 nitrogen and oxygen atoms in total. The van der Waals surface area contributed by atoms with E-state index in [4.69, 9.17) is 0 Å². The number of nitrogens with zero attached hydrogens (tertiary/aromatic N) is 1. The van der Waals surface area contributed by atoms with Gasteiger partial charge in [-0.25, -0.2) is 0 Å². The van der Waals surface area contributed by atoms with Crippen LogP contribution in [0.4, 0.5) is 17.1 Å². The second-order valence-corrected chi connectivity index (χ2v) is 11.3. The lowest BCUT2D eigenvalue weighted by molar-refractivity contribution is 1.28. The van der Waals surface area contributed by atoms with E-state index in [1.807, 2.05) is 0 Å². The Labute approximate surface area is 273 Å². The van der Waals surface area contributed by atoms with E-state index >= 15 is 0 Å². The maximum absolute atomic E-state index is 3.30. The molecular formula is C45H33N. The van der Waals surface area contributed by atoms with Crippen LogP contribution < -0.4 is 4.90 Å². The zero-order chi connectivity index (χ0) is 31.7. The fraction of sp³-hybridized carbons (Fsp3) is 0.0667. The molecule has 0 radical (unpaired) electrons. The Morgan fingerprint density at radius 3 is 0.630 bits per heavy atom. The third-order valence-corrected chi connectivity index (χ3v) is 7.58. The fourth-order valence-electron chi connectivity index (χ4n) is 4.87. The summed E-state index contributed by atoms with van der Waals surface area (Å²) >= 11 is 0. The second-order valence-electron chi connectivity index (χ2n) is 11.3. The van der Waals surface area contributed by atoms with Crippen molar-refractivity contribution in [3.63, 3.8) is 0 Å². The van der Waals surface area contributed by atoms with E-state index in [9.17, 15) is 0 Å². The van der Waals surface area contributed by atoms with Crippen molar-refractivity contribution in [2.75, 3.05) is 4.90 Å². The molecule has 0 aromatic heterocycles. The summed E-state index contributed by atoms with van der Waals surface area (Å²) in [5.41, 5.74) is 12.7. The maximum atomic E-state index is 3.30. The molecule has 0 aliphatic carbocycles. The quantitative estimate of drug-likeness (QED) is 0.186. The minimum atomic E-state index is 0.965. The SMILES string of the molecule is Cc1ccc(C#Cc2ccc(N(c3ccc(C#Cc4ccc(C)cc4)cc3)c3ccc(C#Cc4ccc(C)cc4)cc3)cc2)cc1. The van der Waals surface area contributed by atoms with Crippen molar-refractivity contribution < 1.29 is 0 Å². The number of anilines is 3. The third kappa shape index (κ3) is 7.84. The van der Waals surface area contributed by atoms with Gasteiger partial charge in [-0.05, 0) is 130 Å². The molecular weight excluding hydrogens is 555 g/mol. The predicted molar refractivity (Wildman–Crippen MR) is 193 cm³/mol. The van der Waals surface area contributed by atoms with E-state index in [0.717, 1.165) is 50.4 Å². The Balaban J connectivity index is 1.29. The van der Waals surface area contributed by atoms with E-state index in [1.54, 1.807) is 0 Å². The van der Waals surface area contributed by atoms with Crippen LogP contribution in [0.2, 0.25) is 0 Å². The van der Waals surface area contributed by atoms with E-state index in [0.29, 0.717) is 0 Å². The van der Waals surface area contributed by atoms with Crippen molar-refractivity contribution in [2.24, 2.45) is 0 Å². The van der Waals surface area contributed by atoms with Crippen LogP contribution in [0.25, 0.3) is 0 Å². The smallest absolute Gasteiger partial charge is 0.0462 e. The Kier molecular flexibility index (Phi) is 9.12. The van der Waals surface area contributed by atoms with E-state index in [2.05, 4.69) is 207 Å². The van der Waals surface area contributed by atoms with Gasteiger partial charge in [0, 0.05) is 50.4 Å². The topological polar surface area (TPSA) is 3.24 Å². The van der Waals surface area contributed by atoms with Crippen molar-refractivity contribution in [1.29, 1.82) is 0 Å². The molecule has 0 aliphatic heterocycles. The number of hydrogen-bond donors (Lipinski definition) is 0. The van der Waals surface area contributed by atoms with Crippen molar-refractivity contribution in [1.82, 2.24) is 0 Å². The highest BCUT2D eigenvalue weighted by atomic mass is 15.1. The van der Waals surface area contributed by atoms with Gasteiger partial charge in [-0.2, -0.15) is 0 Å². The first-order chi connectivity index (χ1) is 22.5. The second kappa shape index (κ2) is 14.1. The molecule has 0 heterocycles. The molecule has 0 saturated carbocycles. The van der Waals surface area contributed by atoms with Crippen molar-refractivity contribution in [3.05, 3.63) is 196 Å². The van der Waals surface area contributed by atoms with Crippen LogP contribution in [0.3, 0.4) is 0 Å². The largest absolute Gasteiger partial charge is 0.311 e. The minimum absolute atomic E-state index is 0.965. The molecule has 0 unspecified atom stereocenters. The highest BCUT2D eigenvalue weighted by molar-refractivity contribution is 5.77. The average Bonchev–Trinajstić information content (AvgIpc) is 3.09. The molecule has 6 aromatic rings. The van der Waals surface area contributed by atoms with Crippen LogP contribution in [0, 0.1) is 56.3 Å². The van der Waals surface area contributed by atoms with Gasteiger partial charge in [0.25, 0.3) is 0 Å². The van der Waals surface area contributed by atoms with E-state index in [-0.39, 0.29) is 0 Å². The Bertz CT molecular complexity index is 1860. The third-order valence-electron chi connectivity index (χ3n) is 7.58. The lowest BCUT2D eigenvalue weighted by atomic mass is 10.1. The summed E-state index contributed by atoms with van der Waals surface area (Å²) in [7, 11) is 0. The van der Waals surface area contributed by atoms with Crippen LogP contribution in [-0.2, 0) is 0 Å². The minimum Gasteiger partial charge on any atom is -0.311 e. The number of aryl methyl sites for hydroxylation is 3. The highest BCUT2D eigenvalue weighted by Gasteiger charge is 2.12. The molecule has 1 heteroatoms. The summed E-state index contributed by atoms with van der Waals surface area (Å²) in [6, 6.07) is 50.0. The molecule has 218 valence electrons. The molecule has 0 spiro atoms. The number of hydrogen-bond acceptors (Lipinski definition) is 1. The van der Waals surface area contributed by atoms with Crippen LogP contribution in [0.1, 0.15) is 50.1 Å². The summed E-state index contributed by atoms with van der Waals surface area (Å²) in [4.78, 5) is 2.24. The van der Waals surface area contributed by atoms with Crippen molar-refractivity contribution >= 4 is 17.1 Å². The summed E-state index contributed by atoms with van der Waals surface area (Å²) in [6.45, 7) is 6.25. The molecule has 0 bridgehead atoms. The maximum Gasteiger partial charge on any atom is 0.0462 e. The molecule has 0 saturated heterocycles. The fourth-order valence-corrected chi connectivity index (χ4v) is 4.87. The number of rotatable bonds is 3.